The maximum atomic E-state index is 11.9. The van der Waals surface area contributed by atoms with Crippen LogP contribution in [-0.2, 0) is 6.42 Å². The molecule has 0 saturated carbocycles. The van der Waals surface area contributed by atoms with E-state index in [1.165, 1.54) is 11.3 Å². The summed E-state index contributed by atoms with van der Waals surface area (Å²) in [7, 11) is 0. The summed E-state index contributed by atoms with van der Waals surface area (Å²) >= 11 is 1.43. The zero-order valence-electron chi connectivity index (χ0n) is 6.84. The highest BCUT2D eigenvalue weighted by atomic mass is 32.1. The van der Waals surface area contributed by atoms with Crippen LogP contribution in [0.2, 0.25) is 0 Å². The van der Waals surface area contributed by atoms with Crippen LogP contribution in [0.4, 0.5) is 13.2 Å². The SMILES string of the molecule is NC(Cc1cccs1)CC(F)(F)F. The molecule has 1 aromatic rings. The van der Waals surface area contributed by atoms with E-state index in [0.29, 0.717) is 6.42 Å². The molecule has 1 unspecified atom stereocenters. The first-order valence-corrected chi connectivity index (χ1v) is 4.70. The van der Waals surface area contributed by atoms with Gasteiger partial charge in [-0.3, -0.25) is 0 Å². The van der Waals surface area contributed by atoms with E-state index in [-0.39, 0.29) is 0 Å². The minimum atomic E-state index is -4.16. The van der Waals surface area contributed by atoms with Crippen LogP contribution in [0.5, 0.6) is 0 Å². The van der Waals surface area contributed by atoms with Crippen molar-refractivity contribution in [3.05, 3.63) is 22.4 Å². The van der Waals surface area contributed by atoms with Crippen molar-refractivity contribution in [3.8, 4) is 0 Å². The monoisotopic (exact) mass is 209 g/mol. The third-order valence-corrected chi connectivity index (χ3v) is 2.44. The number of hydrogen-bond acceptors (Lipinski definition) is 2. The fourth-order valence-electron chi connectivity index (χ4n) is 1.06. The first-order chi connectivity index (χ1) is 5.97. The van der Waals surface area contributed by atoms with Crippen molar-refractivity contribution in [2.75, 3.05) is 0 Å². The van der Waals surface area contributed by atoms with Gasteiger partial charge in [-0.1, -0.05) is 6.07 Å². The lowest BCUT2D eigenvalue weighted by atomic mass is 10.1. The molecule has 74 valence electrons. The minimum Gasteiger partial charge on any atom is -0.327 e. The molecular formula is C8H10F3NS. The van der Waals surface area contributed by atoms with E-state index < -0.39 is 18.6 Å². The van der Waals surface area contributed by atoms with Crippen molar-refractivity contribution in [1.29, 1.82) is 0 Å². The van der Waals surface area contributed by atoms with Crippen molar-refractivity contribution in [1.82, 2.24) is 0 Å². The first-order valence-electron chi connectivity index (χ1n) is 3.82. The van der Waals surface area contributed by atoms with Crippen LogP contribution in [0, 0.1) is 0 Å². The maximum absolute atomic E-state index is 11.9. The minimum absolute atomic E-state index is 0.303. The average molecular weight is 209 g/mol. The second-order valence-corrected chi connectivity index (χ2v) is 3.90. The Morgan fingerprint density at radius 3 is 2.62 bits per heavy atom. The Bertz CT molecular complexity index is 242. The molecule has 1 aromatic heterocycles. The van der Waals surface area contributed by atoms with Crippen molar-refractivity contribution in [2.45, 2.75) is 25.1 Å². The van der Waals surface area contributed by atoms with Gasteiger partial charge in [0.25, 0.3) is 0 Å². The molecule has 1 rings (SSSR count). The van der Waals surface area contributed by atoms with Gasteiger partial charge in [-0.25, -0.2) is 0 Å². The Morgan fingerprint density at radius 2 is 2.15 bits per heavy atom. The number of thiophene rings is 1. The molecular weight excluding hydrogens is 199 g/mol. The van der Waals surface area contributed by atoms with Crippen molar-refractivity contribution >= 4 is 11.3 Å². The molecule has 0 fully saturated rings. The quantitative estimate of drug-likeness (QED) is 0.813. The first kappa shape index (κ1) is 10.5. The molecule has 0 bridgehead atoms. The lowest BCUT2D eigenvalue weighted by Crippen LogP contribution is -2.29. The number of rotatable bonds is 3. The van der Waals surface area contributed by atoms with Crippen LogP contribution < -0.4 is 5.73 Å². The van der Waals surface area contributed by atoms with E-state index in [9.17, 15) is 13.2 Å². The Morgan fingerprint density at radius 1 is 1.46 bits per heavy atom. The molecule has 0 aliphatic carbocycles. The maximum Gasteiger partial charge on any atom is 0.390 e. The van der Waals surface area contributed by atoms with E-state index in [2.05, 4.69) is 0 Å². The summed E-state index contributed by atoms with van der Waals surface area (Å²) in [6.45, 7) is 0. The van der Waals surface area contributed by atoms with Gasteiger partial charge in [0.15, 0.2) is 0 Å². The highest BCUT2D eigenvalue weighted by molar-refractivity contribution is 7.09. The predicted molar refractivity (Wildman–Crippen MR) is 46.7 cm³/mol. The molecule has 5 heteroatoms. The van der Waals surface area contributed by atoms with Crippen LogP contribution in [-0.4, -0.2) is 12.2 Å². The summed E-state index contributed by atoms with van der Waals surface area (Å²) in [5, 5.41) is 1.83. The van der Waals surface area contributed by atoms with Gasteiger partial charge in [-0.15, -0.1) is 11.3 Å². The third kappa shape index (κ3) is 4.28. The van der Waals surface area contributed by atoms with Crippen LogP contribution >= 0.6 is 11.3 Å². The molecule has 0 aliphatic rings. The molecule has 1 atom stereocenters. The van der Waals surface area contributed by atoms with Crippen molar-refractivity contribution in [3.63, 3.8) is 0 Å². The van der Waals surface area contributed by atoms with Gasteiger partial charge in [0.1, 0.15) is 0 Å². The lowest BCUT2D eigenvalue weighted by molar-refractivity contribution is -0.138. The second-order valence-electron chi connectivity index (χ2n) is 2.86. The standard InChI is InChI=1S/C8H10F3NS/c9-8(10,11)5-6(12)4-7-2-1-3-13-7/h1-3,6H,4-5,12H2. The number of alkyl halides is 3. The zero-order valence-corrected chi connectivity index (χ0v) is 7.66. The normalized spacial score (nSPS) is 14.5. The third-order valence-electron chi connectivity index (χ3n) is 1.54. The molecule has 2 N–H and O–H groups in total. The van der Waals surface area contributed by atoms with Crippen LogP contribution in [0.25, 0.3) is 0 Å². The van der Waals surface area contributed by atoms with Crippen LogP contribution in [0.1, 0.15) is 11.3 Å². The number of hydrogen-bond donors (Lipinski definition) is 1. The summed E-state index contributed by atoms with van der Waals surface area (Å²) < 4.78 is 35.6. The molecule has 0 spiro atoms. The van der Waals surface area contributed by atoms with Gasteiger partial charge in [-0.2, -0.15) is 13.2 Å². The number of nitrogens with two attached hydrogens (primary N) is 1. The Kier molecular flexibility index (Phi) is 3.33. The Labute approximate surface area is 78.4 Å². The summed E-state index contributed by atoms with van der Waals surface area (Å²) in [5.74, 6) is 0. The second kappa shape index (κ2) is 4.11. The smallest absolute Gasteiger partial charge is 0.327 e. The molecule has 1 heterocycles. The van der Waals surface area contributed by atoms with Crippen LogP contribution in [0.15, 0.2) is 17.5 Å². The molecule has 0 aromatic carbocycles. The fraction of sp³-hybridized carbons (Fsp3) is 0.500. The predicted octanol–water partition coefficient (Wildman–Crippen LogP) is 2.57. The summed E-state index contributed by atoms with van der Waals surface area (Å²) in [6.07, 6.45) is -4.77. The van der Waals surface area contributed by atoms with Gasteiger partial charge in [0.2, 0.25) is 0 Å². The molecule has 0 radical (unpaired) electrons. The summed E-state index contributed by atoms with van der Waals surface area (Å²) in [5.41, 5.74) is 5.34. The van der Waals surface area contributed by atoms with Crippen molar-refractivity contribution in [2.24, 2.45) is 5.73 Å². The summed E-state index contributed by atoms with van der Waals surface area (Å²) in [6, 6.07) is 2.78. The topological polar surface area (TPSA) is 26.0 Å². The van der Waals surface area contributed by atoms with Crippen LogP contribution in [0.3, 0.4) is 0 Å². The molecule has 0 aliphatic heterocycles. The van der Waals surface area contributed by atoms with E-state index in [0.717, 1.165) is 4.88 Å². The summed E-state index contributed by atoms with van der Waals surface area (Å²) in [4.78, 5) is 0.900. The van der Waals surface area contributed by atoms with Gasteiger partial charge >= 0.3 is 6.18 Å². The van der Waals surface area contributed by atoms with Gasteiger partial charge in [-0.05, 0) is 17.9 Å². The molecule has 0 saturated heterocycles. The average Bonchev–Trinajstić information content (AvgIpc) is 2.34. The zero-order chi connectivity index (χ0) is 9.90. The van der Waals surface area contributed by atoms with Gasteiger partial charge < -0.3 is 5.73 Å². The van der Waals surface area contributed by atoms with Gasteiger partial charge in [0.05, 0.1) is 6.42 Å². The highest BCUT2D eigenvalue weighted by Crippen LogP contribution is 2.22. The highest BCUT2D eigenvalue weighted by Gasteiger charge is 2.30. The van der Waals surface area contributed by atoms with Crippen molar-refractivity contribution < 1.29 is 13.2 Å². The van der Waals surface area contributed by atoms with E-state index >= 15 is 0 Å². The molecule has 1 nitrogen and oxygen atoms in total. The lowest BCUT2D eigenvalue weighted by Gasteiger charge is -2.12. The Hall–Kier alpha value is -0.550. The Balaban J connectivity index is 2.38. The number of halogens is 3. The molecule has 13 heavy (non-hydrogen) atoms. The van der Waals surface area contributed by atoms with E-state index in [1.54, 1.807) is 12.1 Å². The largest absolute Gasteiger partial charge is 0.390 e. The van der Waals surface area contributed by atoms with E-state index in [4.69, 9.17) is 5.73 Å². The van der Waals surface area contributed by atoms with E-state index in [1.807, 2.05) is 5.38 Å². The van der Waals surface area contributed by atoms with Gasteiger partial charge in [0, 0.05) is 10.9 Å². The molecule has 0 amide bonds. The fourth-order valence-corrected chi connectivity index (χ4v) is 1.86.